The highest BCUT2D eigenvalue weighted by molar-refractivity contribution is 7.14. The number of carbonyl (C=O) groups excluding carboxylic acids is 2. The highest BCUT2D eigenvalue weighted by atomic mass is 32.1. The molecule has 1 aliphatic carbocycles. The first-order valence-electron chi connectivity index (χ1n) is 10.6. The molecule has 0 saturated heterocycles. The highest BCUT2D eigenvalue weighted by Crippen LogP contribution is 2.29. The number of esters is 1. The molecule has 6 nitrogen and oxygen atoms in total. The van der Waals surface area contributed by atoms with Gasteiger partial charge in [0.25, 0.3) is 0 Å². The molecule has 3 rings (SSSR count). The van der Waals surface area contributed by atoms with Gasteiger partial charge in [-0.05, 0) is 46.0 Å². The molecule has 2 atom stereocenters. The summed E-state index contributed by atoms with van der Waals surface area (Å²) in [5.74, 6) is 0.287. The van der Waals surface area contributed by atoms with Crippen LogP contribution < -0.4 is 10.6 Å². The minimum Gasteiger partial charge on any atom is -0.460 e. The Hall–Kier alpha value is -2.41. The molecule has 30 heavy (non-hydrogen) atoms. The zero-order chi connectivity index (χ0) is 21.6. The van der Waals surface area contributed by atoms with Gasteiger partial charge in [-0.1, -0.05) is 43.2 Å². The molecule has 0 spiro atoms. The number of carbonyl (C=O) groups is 2. The molecule has 1 aromatic heterocycles. The summed E-state index contributed by atoms with van der Waals surface area (Å²) in [7, 11) is 0. The second kappa shape index (κ2) is 10.1. The van der Waals surface area contributed by atoms with Crippen LogP contribution in [-0.2, 0) is 9.53 Å². The lowest BCUT2D eigenvalue weighted by Crippen LogP contribution is -2.40. The van der Waals surface area contributed by atoms with Crippen LogP contribution in [0.4, 0.5) is 9.93 Å². The molecule has 1 saturated carbocycles. The fourth-order valence-electron chi connectivity index (χ4n) is 3.79. The third kappa shape index (κ3) is 7.13. The molecule has 1 aliphatic rings. The van der Waals surface area contributed by atoms with E-state index < -0.39 is 5.60 Å². The van der Waals surface area contributed by atoms with Crippen molar-refractivity contribution in [1.29, 1.82) is 0 Å². The lowest BCUT2D eigenvalue weighted by molar-refractivity contribution is -0.155. The largest absolute Gasteiger partial charge is 0.460 e. The number of benzene rings is 1. The summed E-state index contributed by atoms with van der Waals surface area (Å²) < 4.78 is 5.40. The molecule has 1 fully saturated rings. The van der Waals surface area contributed by atoms with Crippen molar-refractivity contribution in [3.05, 3.63) is 35.7 Å². The Kier molecular flexibility index (Phi) is 7.48. The van der Waals surface area contributed by atoms with Crippen LogP contribution >= 0.6 is 11.3 Å². The molecule has 1 unspecified atom stereocenters. The molecule has 2 amide bonds. The van der Waals surface area contributed by atoms with Crippen molar-refractivity contribution in [3.63, 3.8) is 0 Å². The molecule has 2 N–H and O–H groups in total. The maximum absolute atomic E-state index is 12.4. The Labute approximate surface area is 182 Å². The lowest BCUT2D eigenvalue weighted by atomic mass is 9.83. The number of anilines is 1. The van der Waals surface area contributed by atoms with Gasteiger partial charge in [0.2, 0.25) is 0 Å². The quantitative estimate of drug-likeness (QED) is 0.585. The first kappa shape index (κ1) is 22.3. The minimum atomic E-state index is -0.442. The van der Waals surface area contributed by atoms with Crippen molar-refractivity contribution in [2.45, 2.75) is 70.9 Å². The molecule has 0 radical (unpaired) electrons. The van der Waals surface area contributed by atoms with Gasteiger partial charge in [-0.3, -0.25) is 10.1 Å². The van der Waals surface area contributed by atoms with Crippen molar-refractivity contribution < 1.29 is 14.3 Å². The second-order valence-electron chi connectivity index (χ2n) is 8.86. The molecular formula is C23H31N3O3S. The summed E-state index contributed by atoms with van der Waals surface area (Å²) in [5, 5.41) is 8.46. The van der Waals surface area contributed by atoms with Gasteiger partial charge in [-0.15, -0.1) is 11.3 Å². The van der Waals surface area contributed by atoms with E-state index in [-0.39, 0.29) is 18.0 Å². The number of ether oxygens (including phenoxy) is 1. The zero-order valence-electron chi connectivity index (χ0n) is 17.9. The number of rotatable bonds is 6. The van der Waals surface area contributed by atoms with Crippen molar-refractivity contribution in [1.82, 2.24) is 10.3 Å². The first-order chi connectivity index (χ1) is 14.3. The van der Waals surface area contributed by atoms with E-state index in [2.05, 4.69) is 15.6 Å². The second-order valence-corrected chi connectivity index (χ2v) is 9.72. The smallest absolute Gasteiger partial charge is 0.321 e. The van der Waals surface area contributed by atoms with Gasteiger partial charge in [0.15, 0.2) is 5.13 Å². The average molecular weight is 430 g/mol. The number of nitrogens with one attached hydrogen (secondary N) is 2. The van der Waals surface area contributed by atoms with Crippen LogP contribution in [0.2, 0.25) is 0 Å². The summed E-state index contributed by atoms with van der Waals surface area (Å²) in [6.07, 6.45) is 5.24. The van der Waals surface area contributed by atoms with Gasteiger partial charge in [-0.25, -0.2) is 9.78 Å². The lowest BCUT2D eigenvalue weighted by Gasteiger charge is -2.29. The molecule has 7 heteroatoms. The van der Waals surface area contributed by atoms with Crippen LogP contribution in [0.3, 0.4) is 0 Å². The van der Waals surface area contributed by atoms with Crippen LogP contribution in [0, 0.1) is 5.92 Å². The van der Waals surface area contributed by atoms with E-state index in [1.54, 1.807) is 0 Å². The summed E-state index contributed by atoms with van der Waals surface area (Å²) in [6.45, 7) is 5.65. The van der Waals surface area contributed by atoms with E-state index in [0.29, 0.717) is 17.5 Å². The number of nitrogens with zero attached hydrogens (tertiary/aromatic N) is 1. The normalized spacial score (nSPS) is 19.2. The van der Waals surface area contributed by atoms with Crippen LogP contribution in [0.15, 0.2) is 35.7 Å². The van der Waals surface area contributed by atoms with Gasteiger partial charge >= 0.3 is 12.0 Å². The van der Waals surface area contributed by atoms with E-state index in [0.717, 1.165) is 43.4 Å². The Bertz CT molecular complexity index is 845. The van der Waals surface area contributed by atoms with Crippen molar-refractivity contribution in [3.8, 4) is 11.3 Å². The Morgan fingerprint density at radius 1 is 1.20 bits per heavy atom. The Balaban J connectivity index is 1.44. The summed E-state index contributed by atoms with van der Waals surface area (Å²) in [4.78, 5) is 28.9. The molecular weight excluding hydrogens is 398 g/mol. The van der Waals surface area contributed by atoms with Crippen LogP contribution in [-0.4, -0.2) is 28.6 Å². The number of hydrogen-bond donors (Lipinski definition) is 2. The molecule has 1 aromatic carbocycles. The molecule has 2 aromatic rings. The molecule has 162 valence electrons. The monoisotopic (exact) mass is 429 g/mol. The summed E-state index contributed by atoms with van der Waals surface area (Å²) in [6, 6.07) is 9.80. The maximum Gasteiger partial charge on any atom is 0.321 e. The van der Waals surface area contributed by atoms with Gasteiger partial charge in [0.05, 0.1) is 5.69 Å². The number of aromatic nitrogens is 1. The van der Waals surface area contributed by atoms with E-state index in [4.69, 9.17) is 4.74 Å². The number of urea groups is 1. The summed E-state index contributed by atoms with van der Waals surface area (Å²) in [5.41, 5.74) is 1.44. The average Bonchev–Trinajstić information content (AvgIpc) is 3.14. The van der Waals surface area contributed by atoms with Gasteiger partial charge in [-0.2, -0.15) is 0 Å². The van der Waals surface area contributed by atoms with Crippen LogP contribution in [0.1, 0.15) is 59.3 Å². The Morgan fingerprint density at radius 3 is 2.70 bits per heavy atom. The third-order valence-electron chi connectivity index (χ3n) is 5.09. The Morgan fingerprint density at radius 2 is 1.97 bits per heavy atom. The van der Waals surface area contributed by atoms with E-state index >= 15 is 0 Å². The molecule has 0 aliphatic heterocycles. The summed E-state index contributed by atoms with van der Waals surface area (Å²) >= 11 is 1.42. The van der Waals surface area contributed by atoms with Gasteiger partial charge < -0.3 is 10.1 Å². The number of amides is 2. The van der Waals surface area contributed by atoms with Crippen LogP contribution in [0.25, 0.3) is 11.3 Å². The fourth-order valence-corrected chi connectivity index (χ4v) is 4.50. The van der Waals surface area contributed by atoms with Crippen molar-refractivity contribution in [2.24, 2.45) is 5.92 Å². The predicted molar refractivity (Wildman–Crippen MR) is 121 cm³/mol. The maximum atomic E-state index is 12.4. The standard InChI is InChI=1S/C23H31N3O3S/c1-23(2,3)29-20(27)13-12-16-8-7-11-18(14-16)24-21(28)26-22-25-19(15-30-22)17-9-5-4-6-10-17/h4-6,9-10,15-16,18H,7-8,11-14H2,1-3H3,(H2,24,25,26,28)/t16?,18-/m1/s1. The van der Waals surface area contributed by atoms with Gasteiger partial charge in [0.1, 0.15) is 5.60 Å². The number of hydrogen-bond acceptors (Lipinski definition) is 5. The SMILES string of the molecule is CC(C)(C)OC(=O)CCC1CCC[C@@H](NC(=O)Nc2nc(-c3ccccc3)cs2)C1. The van der Waals surface area contributed by atoms with Crippen LogP contribution in [0.5, 0.6) is 0 Å². The van der Waals surface area contributed by atoms with E-state index in [9.17, 15) is 9.59 Å². The fraction of sp³-hybridized carbons (Fsp3) is 0.522. The topological polar surface area (TPSA) is 80.3 Å². The van der Waals surface area contributed by atoms with E-state index in [1.165, 1.54) is 11.3 Å². The minimum absolute atomic E-state index is 0.121. The molecule has 0 bridgehead atoms. The highest BCUT2D eigenvalue weighted by Gasteiger charge is 2.25. The van der Waals surface area contributed by atoms with E-state index in [1.807, 2.05) is 56.5 Å². The molecule has 1 heterocycles. The third-order valence-corrected chi connectivity index (χ3v) is 5.85. The number of thiazole rings is 1. The van der Waals surface area contributed by atoms with Crippen molar-refractivity contribution in [2.75, 3.05) is 5.32 Å². The first-order valence-corrected chi connectivity index (χ1v) is 11.5. The zero-order valence-corrected chi connectivity index (χ0v) is 18.8. The predicted octanol–water partition coefficient (Wildman–Crippen LogP) is 5.61. The van der Waals surface area contributed by atoms with Crippen molar-refractivity contribution >= 4 is 28.5 Å². The van der Waals surface area contributed by atoms with Gasteiger partial charge in [0, 0.05) is 23.4 Å².